The summed E-state index contributed by atoms with van der Waals surface area (Å²) in [6.45, 7) is 10.9. The topological polar surface area (TPSA) is 49.9 Å². The van der Waals surface area contributed by atoms with Gasteiger partial charge in [0.1, 0.15) is 5.75 Å². The fourth-order valence-electron chi connectivity index (χ4n) is 2.67. The highest BCUT2D eigenvalue weighted by atomic mass is 32.2. The van der Waals surface area contributed by atoms with Gasteiger partial charge in [-0.3, -0.25) is 9.59 Å². The highest BCUT2D eigenvalue weighted by Gasteiger charge is 2.30. The van der Waals surface area contributed by atoms with Gasteiger partial charge in [0.15, 0.2) is 0 Å². The normalized spacial score (nSPS) is 15.2. The lowest BCUT2D eigenvalue weighted by atomic mass is 9.94. The van der Waals surface area contributed by atoms with Crippen LogP contribution in [0.15, 0.2) is 29.2 Å². The molecular weight excluding hydrogens is 336 g/mol. The van der Waals surface area contributed by atoms with Crippen molar-refractivity contribution in [3.8, 4) is 5.75 Å². The van der Waals surface area contributed by atoms with Gasteiger partial charge in [0.25, 0.3) is 0 Å². The smallest absolute Gasteiger partial charge is 0.233 e. The number of ether oxygens (including phenoxy) is 1. The van der Waals surface area contributed by atoms with Crippen molar-refractivity contribution < 1.29 is 14.3 Å². The number of nitrogens with zero attached hydrogens (tertiary/aromatic N) is 2. The average molecular weight is 365 g/mol. The number of hydrogen-bond acceptors (Lipinski definition) is 4. The Balaban J connectivity index is 1.78. The van der Waals surface area contributed by atoms with E-state index in [9.17, 15) is 9.59 Å². The predicted molar refractivity (Wildman–Crippen MR) is 101 cm³/mol. The maximum absolute atomic E-state index is 12.4. The van der Waals surface area contributed by atoms with Gasteiger partial charge in [0.05, 0.1) is 12.4 Å². The van der Waals surface area contributed by atoms with Crippen LogP contribution < -0.4 is 4.74 Å². The minimum absolute atomic E-state index is 0.127. The first-order chi connectivity index (χ1) is 11.8. The molecule has 0 spiro atoms. The van der Waals surface area contributed by atoms with Gasteiger partial charge in [-0.1, -0.05) is 20.8 Å². The molecule has 0 aromatic heterocycles. The highest BCUT2D eigenvalue weighted by Crippen LogP contribution is 2.23. The van der Waals surface area contributed by atoms with Crippen LogP contribution in [0.2, 0.25) is 0 Å². The van der Waals surface area contributed by atoms with E-state index in [1.165, 1.54) is 11.8 Å². The fourth-order valence-corrected chi connectivity index (χ4v) is 3.47. The molecule has 0 aliphatic carbocycles. The van der Waals surface area contributed by atoms with Crippen LogP contribution in [0.3, 0.4) is 0 Å². The zero-order chi connectivity index (χ0) is 18.4. The van der Waals surface area contributed by atoms with E-state index in [1.54, 1.807) is 0 Å². The third-order valence-corrected chi connectivity index (χ3v) is 5.06. The van der Waals surface area contributed by atoms with E-state index >= 15 is 0 Å². The monoisotopic (exact) mass is 364 g/mol. The van der Waals surface area contributed by atoms with Crippen molar-refractivity contribution in [2.75, 3.05) is 38.5 Å². The summed E-state index contributed by atoms with van der Waals surface area (Å²) in [5, 5.41) is 0. The first-order valence-electron chi connectivity index (χ1n) is 8.74. The Kier molecular flexibility index (Phi) is 6.76. The summed E-state index contributed by atoms with van der Waals surface area (Å²) >= 11 is 1.53. The van der Waals surface area contributed by atoms with Gasteiger partial charge >= 0.3 is 0 Å². The van der Waals surface area contributed by atoms with Crippen LogP contribution in [0.25, 0.3) is 0 Å². The molecule has 1 aliphatic rings. The van der Waals surface area contributed by atoms with Gasteiger partial charge in [-0.2, -0.15) is 0 Å². The van der Waals surface area contributed by atoms with Crippen molar-refractivity contribution in [3.63, 3.8) is 0 Å². The van der Waals surface area contributed by atoms with Crippen LogP contribution in [-0.4, -0.2) is 60.2 Å². The minimum atomic E-state index is -0.365. The van der Waals surface area contributed by atoms with Gasteiger partial charge in [0.2, 0.25) is 11.8 Å². The average Bonchev–Trinajstić information content (AvgIpc) is 2.60. The van der Waals surface area contributed by atoms with Crippen LogP contribution in [0, 0.1) is 5.41 Å². The molecule has 2 rings (SSSR count). The largest absolute Gasteiger partial charge is 0.494 e. The van der Waals surface area contributed by atoms with Gasteiger partial charge in [-0.15, -0.1) is 11.8 Å². The summed E-state index contributed by atoms with van der Waals surface area (Å²) in [6.07, 6.45) is 0. The second kappa shape index (κ2) is 8.61. The van der Waals surface area contributed by atoms with E-state index in [1.807, 2.05) is 61.8 Å². The second-order valence-corrected chi connectivity index (χ2v) is 8.16. The minimum Gasteiger partial charge on any atom is -0.494 e. The number of carbonyl (C=O) groups excluding carboxylic acids is 2. The van der Waals surface area contributed by atoms with Crippen LogP contribution in [0.5, 0.6) is 5.75 Å². The molecule has 0 bridgehead atoms. The molecule has 0 saturated carbocycles. The summed E-state index contributed by atoms with van der Waals surface area (Å²) in [5.41, 5.74) is -0.365. The van der Waals surface area contributed by atoms with E-state index < -0.39 is 0 Å². The van der Waals surface area contributed by atoms with Crippen LogP contribution in [-0.2, 0) is 9.59 Å². The number of amides is 2. The first kappa shape index (κ1) is 19.6. The van der Waals surface area contributed by atoms with Gasteiger partial charge < -0.3 is 14.5 Å². The molecule has 2 amide bonds. The lowest BCUT2D eigenvalue weighted by molar-refractivity contribution is -0.144. The molecule has 0 unspecified atom stereocenters. The van der Waals surface area contributed by atoms with Crippen molar-refractivity contribution in [1.82, 2.24) is 9.80 Å². The molecule has 138 valence electrons. The number of hydrogen-bond donors (Lipinski definition) is 0. The van der Waals surface area contributed by atoms with Crippen LogP contribution >= 0.6 is 11.8 Å². The molecule has 0 radical (unpaired) electrons. The van der Waals surface area contributed by atoms with E-state index in [2.05, 4.69) is 0 Å². The van der Waals surface area contributed by atoms with E-state index in [4.69, 9.17) is 4.74 Å². The van der Waals surface area contributed by atoms with Gasteiger partial charge in [-0.25, -0.2) is 0 Å². The number of rotatable bonds is 5. The standard InChI is InChI=1S/C19H28N2O3S/c1-5-24-15-6-8-16(9-7-15)25-14-17(22)20-10-12-21(13-11-20)18(23)19(2,3)4/h6-9H,5,10-14H2,1-4H3. The summed E-state index contributed by atoms with van der Waals surface area (Å²) in [5.74, 6) is 1.55. The van der Waals surface area contributed by atoms with Crippen molar-refractivity contribution >= 4 is 23.6 Å². The van der Waals surface area contributed by atoms with Crippen molar-refractivity contribution in [3.05, 3.63) is 24.3 Å². The summed E-state index contributed by atoms with van der Waals surface area (Å²) in [6, 6.07) is 7.80. The zero-order valence-electron chi connectivity index (χ0n) is 15.6. The Morgan fingerprint density at radius 2 is 1.60 bits per heavy atom. The second-order valence-electron chi connectivity index (χ2n) is 7.12. The SMILES string of the molecule is CCOc1ccc(SCC(=O)N2CCN(C(=O)C(C)(C)C)CC2)cc1. The number of thioether (sulfide) groups is 1. The molecule has 6 heteroatoms. The molecule has 1 aromatic rings. The quantitative estimate of drug-likeness (QED) is 0.754. The number of piperazine rings is 1. The maximum Gasteiger partial charge on any atom is 0.233 e. The van der Waals surface area contributed by atoms with Crippen molar-refractivity contribution in [2.45, 2.75) is 32.6 Å². The molecule has 1 fully saturated rings. The highest BCUT2D eigenvalue weighted by molar-refractivity contribution is 8.00. The maximum atomic E-state index is 12.4. The first-order valence-corrected chi connectivity index (χ1v) is 9.72. The molecule has 25 heavy (non-hydrogen) atoms. The summed E-state index contributed by atoms with van der Waals surface area (Å²) < 4.78 is 5.42. The lowest BCUT2D eigenvalue weighted by Crippen LogP contribution is -2.53. The molecule has 1 heterocycles. The molecular formula is C19H28N2O3S. The Bertz CT molecular complexity index is 588. The Morgan fingerprint density at radius 1 is 1.04 bits per heavy atom. The Morgan fingerprint density at radius 3 is 2.12 bits per heavy atom. The summed E-state index contributed by atoms with van der Waals surface area (Å²) in [4.78, 5) is 29.5. The van der Waals surface area contributed by atoms with E-state index in [-0.39, 0.29) is 17.2 Å². The number of carbonyl (C=O) groups is 2. The number of benzene rings is 1. The molecule has 1 aliphatic heterocycles. The van der Waals surface area contributed by atoms with Gasteiger partial charge in [0, 0.05) is 36.5 Å². The lowest BCUT2D eigenvalue weighted by Gasteiger charge is -2.37. The molecule has 0 atom stereocenters. The fraction of sp³-hybridized carbons (Fsp3) is 0.579. The zero-order valence-corrected chi connectivity index (χ0v) is 16.4. The van der Waals surface area contributed by atoms with Crippen LogP contribution in [0.4, 0.5) is 0 Å². The van der Waals surface area contributed by atoms with E-state index in [0.717, 1.165) is 10.6 Å². The Labute approximate surface area is 154 Å². The van der Waals surface area contributed by atoms with Gasteiger partial charge in [-0.05, 0) is 31.2 Å². The van der Waals surface area contributed by atoms with Crippen LogP contribution in [0.1, 0.15) is 27.7 Å². The third-order valence-electron chi connectivity index (χ3n) is 4.06. The molecule has 0 N–H and O–H groups in total. The molecule has 1 aromatic carbocycles. The Hall–Kier alpha value is -1.69. The van der Waals surface area contributed by atoms with Crippen molar-refractivity contribution in [2.24, 2.45) is 5.41 Å². The third kappa shape index (κ3) is 5.66. The van der Waals surface area contributed by atoms with Crippen molar-refractivity contribution in [1.29, 1.82) is 0 Å². The summed E-state index contributed by atoms with van der Waals surface area (Å²) in [7, 11) is 0. The molecule has 5 nitrogen and oxygen atoms in total. The predicted octanol–water partition coefficient (Wildman–Crippen LogP) is 2.89. The van der Waals surface area contributed by atoms with E-state index in [0.29, 0.717) is 38.5 Å². The molecule has 1 saturated heterocycles.